The van der Waals surface area contributed by atoms with E-state index in [1.54, 1.807) is 0 Å². The number of para-hydroxylation sites is 2. The molecule has 228 valence electrons. The van der Waals surface area contributed by atoms with Crippen LogP contribution in [-0.4, -0.2) is 0 Å². The van der Waals surface area contributed by atoms with Gasteiger partial charge in [-0.1, -0.05) is 146 Å². The second-order valence-electron chi connectivity index (χ2n) is 11.9. The Balaban J connectivity index is 1.11. The molecule has 48 heavy (non-hydrogen) atoms. The van der Waals surface area contributed by atoms with Gasteiger partial charge in [-0.05, 0) is 82.6 Å². The van der Waals surface area contributed by atoms with Crippen LogP contribution in [0.1, 0.15) is 11.1 Å². The van der Waals surface area contributed by atoms with Crippen LogP contribution < -0.4 is 9.80 Å². The SMILES string of the molecule is C(=Cc1ccc(N(c2cccc3ccccc23)c2cccc3ccccc23)cc1)c1ccc(N(c2ccccc2)c2ccccc2)cc1. The van der Waals surface area contributed by atoms with Gasteiger partial charge in [0.2, 0.25) is 0 Å². The van der Waals surface area contributed by atoms with E-state index in [0.717, 1.165) is 45.3 Å². The van der Waals surface area contributed by atoms with Gasteiger partial charge in [-0.25, -0.2) is 0 Å². The molecule has 8 aromatic carbocycles. The molecule has 0 amide bonds. The summed E-state index contributed by atoms with van der Waals surface area (Å²) in [6.45, 7) is 0. The number of rotatable bonds is 8. The number of hydrogen-bond donors (Lipinski definition) is 0. The standard InChI is InChI=1S/C46H34N2/c1-3-17-39(18-4-1)47(40-19-5-2-6-20-40)41-31-27-35(28-32-41)25-26-36-29-33-42(34-30-36)48(45-23-11-15-37-13-7-9-21-43(37)45)46-24-12-16-38-14-8-10-22-44(38)46/h1-34H. The zero-order valence-electron chi connectivity index (χ0n) is 26.5. The van der Waals surface area contributed by atoms with Crippen molar-refractivity contribution in [2.45, 2.75) is 0 Å². The molecular weight excluding hydrogens is 581 g/mol. The Hall–Kier alpha value is -6.38. The van der Waals surface area contributed by atoms with Gasteiger partial charge in [-0.15, -0.1) is 0 Å². The van der Waals surface area contributed by atoms with Gasteiger partial charge in [-0.2, -0.15) is 0 Å². The molecule has 0 aliphatic carbocycles. The predicted octanol–water partition coefficient (Wildman–Crippen LogP) is 13.1. The first-order valence-corrected chi connectivity index (χ1v) is 16.4. The van der Waals surface area contributed by atoms with Crippen LogP contribution in [0.4, 0.5) is 34.1 Å². The highest BCUT2D eigenvalue weighted by Gasteiger charge is 2.17. The van der Waals surface area contributed by atoms with Crippen molar-refractivity contribution in [3.8, 4) is 0 Å². The average molecular weight is 615 g/mol. The average Bonchev–Trinajstić information content (AvgIpc) is 3.16. The maximum absolute atomic E-state index is 2.39. The van der Waals surface area contributed by atoms with E-state index in [2.05, 4.69) is 216 Å². The van der Waals surface area contributed by atoms with E-state index in [1.165, 1.54) is 21.5 Å². The van der Waals surface area contributed by atoms with Gasteiger partial charge in [0, 0.05) is 33.5 Å². The lowest BCUT2D eigenvalue weighted by Crippen LogP contribution is -2.11. The van der Waals surface area contributed by atoms with E-state index in [9.17, 15) is 0 Å². The minimum Gasteiger partial charge on any atom is -0.311 e. The molecule has 0 heterocycles. The largest absolute Gasteiger partial charge is 0.311 e. The topological polar surface area (TPSA) is 6.48 Å². The van der Waals surface area contributed by atoms with Crippen molar-refractivity contribution in [2.24, 2.45) is 0 Å². The van der Waals surface area contributed by atoms with Crippen molar-refractivity contribution in [3.63, 3.8) is 0 Å². The van der Waals surface area contributed by atoms with Crippen molar-refractivity contribution in [3.05, 3.63) is 205 Å². The third-order valence-electron chi connectivity index (χ3n) is 8.81. The van der Waals surface area contributed by atoms with Crippen LogP contribution >= 0.6 is 0 Å². The van der Waals surface area contributed by atoms with Crippen LogP contribution in [0.5, 0.6) is 0 Å². The highest BCUT2D eigenvalue weighted by molar-refractivity contribution is 6.04. The van der Waals surface area contributed by atoms with Crippen LogP contribution in [0.15, 0.2) is 194 Å². The Morgan fingerprint density at radius 1 is 0.271 bits per heavy atom. The Kier molecular flexibility index (Phi) is 7.96. The Bertz CT molecular complexity index is 2200. The summed E-state index contributed by atoms with van der Waals surface area (Å²) in [6.07, 6.45) is 4.37. The van der Waals surface area contributed by atoms with Gasteiger partial charge >= 0.3 is 0 Å². The van der Waals surface area contributed by atoms with E-state index in [4.69, 9.17) is 0 Å². The van der Waals surface area contributed by atoms with E-state index < -0.39 is 0 Å². The first-order valence-electron chi connectivity index (χ1n) is 16.4. The van der Waals surface area contributed by atoms with E-state index in [-0.39, 0.29) is 0 Å². The molecule has 0 saturated heterocycles. The quantitative estimate of drug-likeness (QED) is 0.157. The molecule has 0 aliphatic heterocycles. The van der Waals surface area contributed by atoms with Crippen molar-refractivity contribution in [1.29, 1.82) is 0 Å². The van der Waals surface area contributed by atoms with Crippen LogP contribution in [0.3, 0.4) is 0 Å². The molecule has 8 aromatic rings. The van der Waals surface area contributed by atoms with Gasteiger partial charge in [0.05, 0.1) is 11.4 Å². The minimum absolute atomic E-state index is 1.12. The fourth-order valence-electron chi connectivity index (χ4n) is 6.48. The van der Waals surface area contributed by atoms with Gasteiger partial charge in [-0.3, -0.25) is 0 Å². The summed E-state index contributed by atoms with van der Waals surface area (Å²) in [7, 11) is 0. The van der Waals surface area contributed by atoms with Gasteiger partial charge in [0.1, 0.15) is 0 Å². The van der Waals surface area contributed by atoms with Gasteiger partial charge < -0.3 is 9.80 Å². The molecule has 2 heteroatoms. The second kappa shape index (κ2) is 13.2. The lowest BCUT2D eigenvalue weighted by molar-refractivity contribution is 1.28. The molecule has 0 saturated carbocycles. The van der Waals surface area contributed by atoms with Crippen molar-refractivity contribution in [1.82, 2.24) is 0 Å². The van der Waals surface area contributed by atoms with E-state index in [0.29, 0.717) is 0 Å². The predicted molar refractivity (Wildman–Crippen MR) is 206 cm³/mol. The third-order valence-corrected chi connectivity index (χ3v) is 8.81. The second-order valence-corrected chi connectivity index (χ2v) is 11.9. The summed E-state index contributed by atoms with van der Waals surface area (Å²) < 4.78 is 0. The number of nitrogens with zero attached hydrogens (tertiary/aromatic N) is 2. The fourth-order valence-corrected chi connectivity index (χ4v) is 6.48. The molecule has 0 spiro atoms. The van der Waals surface area contributed by atoms with Crippen LogP contribution in [0.25, 0.3) is 33.7 Å². The Morgan fingerprint density at radius 3 is 1.08 bits per heavy atom. The molecule has 0 radical (unpaired) electrons. The molecule has 8 rings (SSSR count). The summed E-state index contributed by atoms with van der Waals surface area (Å²) in [5, 5.41) is 4.89. The monoisotopic (exact) mass is 614 g/mol. The molecule has 0 unspecified atom stereocenters. The van der Waals surface area contributed by atoms with Crippen LogP contribution in [0.2, 0.25) is 0 Å². The fraction of sp³-hybridized carbons (Fsp3) is 0. The summed E-state index contributed by atoms with van der Waals surface area (Å²) in [5.74, 6) is 0. The molecule has 0 aromatic heterocycles. The number of anilines is 6. The Labute approximate surface area is 282 Å². The maximum Gasteiger partial charge on any atom is 0.0540 e. The van der Waals surface area contributed by atoms with Crippen molar-refractivity contribution in [2.75, 3.05) is 9.80 Å². The van der Waals surface area contributed by atoms with E-state index >= 15 is 0 Å². The highest BCUT2D eigenvalue weighted by atomic mass is 15.1. The lowest BCUT2D eigenvalue weighted by atomic mass is 10.0. The summed E-state index contributed by atoms with van der Waals surface area (Å²) >= 11 is 0. The van der Waals surface area contributed by atoms with E-state index in [1.807, 2.05) is 0 Å². The third kappa shape index (κ3) is 5.84. The van der Waals surface area contributed by atoms with Crippen LogP contribution in [0, 0.1) is 0 Å². The molecule has 0 fully saturated rings. The first kappa shape index (κ1) is 29.1. The summed E-state index contributed by atoms with van der Waals surface area (Å²) in [6, 6.07) is 69.0. The molecule has 0 atom stereocenters. The normalized spacial score (nSPS) is 11.2. The minimum atomic E-state index is 1.12. The lowest BCUT2D eigenvalue weighted by Gasteiger charge is -2.28. The Morgan fingerprint density at radius 2 is 0.625 bits per heavy atom. The molecule has 2 nitrogen and oxygen atoms in total. The molecular formula is C46H34N2. The number of fused-ring (bicyclic) bond motifs is 2. The van der Waals surface area contributed by atoms with Crippen LogP contribution in [-0.2, 0) is 0 Å². The maximum atomic E-state index is 2.39. The zero-order valence-corrected chi connectivity index (χ0v) is 26.5. The number of benzene rings is 8. The van der Waals surface area contributed by atoms with Gasteiger partial charge in [0.25, 0.3) is 0 Å². The highest BCUT2D eigenvalue weighted by Crippen LogP contribution is 2.42. The smallest absolute Gasteiger partial charge is 0.0540 e. The molecule has 0 bridgehead atoms. The first-order chi connectivity index (χ1) is 23.8. The van der Waals surface area contributed by atoms with Gasteiger partial charge in [0.15, 0.2) is 0 Å². The zero-order chi connectivity index (χ0) is 32.1. The van der Waals surface area contributed by atoms with Crippen molar-refractivity contribution < 1.29 is 0 Å². The van der Waals surface area contributed by atoms with Crippen molar-refractivity contribution >= 4 is 67.8 Å². The molecule has 0 N–H and O–H groups in total. The number of hydrogen-bond acceptors (Lipinski definition) is 2. The summed E-state index contributed by atoms with van der Waals surface area (Å²) in [4.78, 5) is 4.67. The summed E-state index contributed by atoms with van der Waals surface area (Å²) in [5.41, 5.74) is 9.12. The molecule has 0 aliphatic rings.